The van der Waals surface area contributed by atoms with Gasteiger partial charge < -0.3 is 9.64 Å². The Morgan fingerprint density at radius 2 is 1.81 bits per heavy atom. The molecule has 2 atom stereocenters. The minimum absolute atomic E-state index is 0.0496. The van der Waals surface area contributed by atoms with Crippen LogP contribution in [0.4, 0.5) is 0 Å². The third kappa shape index (κ3) is 3.96. The standard InChI is InChI=1S/C22H25NO3/c1-16(17-10-12-19(26-2)13-11-17)15-21(24)23-14-6-9-20(23)22(25)18-7-4-3-5-8-18/h3-5,7-8,10-13,16,20H,6,9,14-15H2,1-2H3. The normalized spacial score (nSPS) is 17.8. The summed E-state index contributed by atoms with van der Waals surface area (Å²) < 4.78 is 5.18. The molecule has 1 fully saturated rings. The third-order valence-electron chi connectivity index (χ3n) is 5.10. The highest BCUT2D eigenvalue weighted by atomic mass is 16.5. The van der Waals surface area contributed by atoms with Gasteiger partial charge in [-0.3, -0.25) is 9.59 Å². The van der Waals surface area contributed by atoms with E-state index in [4.69, 9.17) is 4.74 Å². The van der Waals surface area contributed by atoms with Crippen LogP contribution in [0.25, 0.3) is 0 Å². The zero-order chi connectivity index (χ0) is 18.5. The molecule has 1 saturated heterocycles. The second kappa shape index (κ2) is 8.17. The summed E-state index contributed by atoms with van der Waals surface area (Å²) in [4.78, 5) is 27.4. The Kier molecular flexibility index (Phi) is 5.71. The van der Waals surface area contributed by atoms with E-state index in [1.807, 2.05) is 61.5 Å². The summed E-state index contributed by atoms with van der Waals surface area (Å²) >= 11 is 0. The molecule has 4 nitrogen and oxygen atoms in total. The molecule has 2 aromatic carbocycles. The molecule has 1 aliphatic rings. The van der Waals surface area contributed by atoms with E-state index in [1.54, 1.807) is 12.0 Å². The summed E-state index contributed by atoms with van der Waals surface area (Å²) in [5.41, 5.74) is 1.78. The van der Waals surface area contributed by atoms with Gasteiger partial charge in [-0.15, -0.1) is 0 Å². The monoisotopic (exact) mass is 351 g/mol. The number of rotatable bonds is 6. The van der Waals surface area contributed by atoms with Crippen LogP contribution in [0.3, 0.4) is 0 Å². The van der Waals surface area contributed by atoms with Crippen molar-refractivity contribution in [1.29, 1.82) is 0 Å². The van der Waals surface area contributed by atoms with Crippen molar-refractivity contribution in [3.8, 4) is 5.75 Å². The molecule has 0 saturated carbocycles. The number of carbonyl (C=O) groups is 2. The topological polar surface area (TPSA) is 46.6 Å². The molecule has 0 radical (unpaired) electrons. The van der Waals surface area contributed by atoms with Gasteiger partial charge in [-0.05, 0) is 36.5 Å². The minimum Gasteiger partial charge on any atom is -0.497 e. The SMILES string of the molecule is COc1ccc(C(C)CC(=O)N2CCCC2C(=O)c2ccccc2)cc1. The molecule has 26 heavy (non-hydrogen) atoms. The van der Waals surface area contributed by atoms with Crippen molar-refractivity contribution >= 4 is 11.7 Å². The van der Waals surface area contributed by atoms with Crippen LogP contribution < -0.4 is 4.74 Å². The molecule has 2 aromatic rings. The Bertz CT molecular complexity index is 755. The van der Waals surface area contributed by atoms with Gasteiger partial charge in [0, 0.05) is 18.5 Å². The van der Waals surface area contributed by atoms with Crippen molar-refractivity contribution < 1.29 is 14.3 Å². The van der Waals surface area contributed by atoms with Crippen LogP contribution in [0.1, 0.15) is 48.0 Å². The average Bonchev–Trinajstić information content (AvgIpc) is 3.18. The summed E-state index contributed by atoms with van der Waals surface area (Å²) in [5.74, 6) is 1.01. The van der Waals surface area contributed by atoms with Crippen LogP contribution in [0.5, 0.6) is 5.75 Å². The van der Waals surface area contributed by atoms with E-state index in [0.29, 0.717) is 18.5 Å². The summed E-state index contributed by atoms with van der Waals surface area (Å²) in [7, 11) is 1.64. The lowest BCUT2D eigenvalue weighted by Gasteiger charge is -2.25. The van der Waals surface area contributed by atoms with Gasteiger partial charge in [0.25, 0.3) is 0 Å². The Hall–Kier alpha value is -2.62. The molecular formula is C22H25NO3. The second-order valence-electron chi connectivity index (χ2n) is 6.85. The first-order chi connectivity index (χ1) is 12.6. The number of ether oxygens (including phenoxy) is 1. The number of Topliss-reactive ketones (excluding diaryl/α,β-unsaturated/α-hetero) is 1. The van der Waals surface area contributed by atoms with Crippen molar-refractivity contribution in [2.24, 2.45) is 0 Å². The van der Waals surface area contributed by atoms with Crippen molar-refractivity contribution in [1.82, 2.24) is 4.90 Å². The molecule has 1 heterocycles. The lowest BCUT2D eigenvalue weighted by Crippen LogP contribution is -2.40. The van der Waals surface area contributed by atoms with Crippen LogP contribution in [0.2, 0.25) is 0 Å². The van der Waals surface area contributed by atoms with E-state index >= 15 is 0 Å². The van der Waals surface area contributed by atoms with Crippen molar-refractivity contribution in [2.75, 3.05) is 13.7 Å². The maximum absolute atomic E-state index is 12.8. The lowest BCUT2D eigenvalue weighted by atomic mass is 9.96. The molecule has 1 amide bonds. The van der Waals surface area contributed by atoms with E-state index in [2.05, 4.69) is 0 Å². The Balaban J connectivity index is 1.67. The van der Waals surface area contributed by atoms with E-state index in [1.165, 1.54) is 0 Å². The largest absolute Gasteiger partial charge is 0.497 e. The first kappa shape index (κ1) is 18.2. The summed E-state index contributed by atoms with van der Waals surface area (Å²) in [6.07, 6.45) is 2.03. The molecule has 0 spiro atoms. The fourth-order valence-corrected chi connectivity index (χ4v) is 3.56. The summed E-state index contributed by atoms with van der Waals surface area (Å²) in [6.45, 7) is 2.71. The molecular weight excluding hydrogens is 326 g/mol. The number of ketones is 1. The zero-order valence-corrected chi connectivity index (χ0v) is 15.4. The van der Waals surface area contributed by atoms with Crippen LogP contribution >= 0.6 is 0 Å². The number of benzene rings is 2. The van der Waals surface area contributed by atoms with E-state index in [0.717, 1.165) is 24.2 Å². The number of hydrogen-bond donors (Lipinski definition) is 0. The van der Waals surface area contributed by atoms with Gasteiger partial charge in [0.05, 0.1) is 13.2 Å². The maximum atomic E-state index is 12.8. The van der Waals surface area contributed by atoms with Gasteiger partial charge in [-0.1, -0.05) is 49.4 Å². The van der Waals surface area contributed by atoms with Crippen LogP contribution in [0.15, 0.2) is 54.6 Å². The third-order valence-corrected chi connectivity index (χ3v) is 5.10. The van der Waals surface area contributed by atoms with E-state index < -0.39 is 0 Å². The van der Waals surface area contributed by atoms with Crippen molar-refractivity contribution in [3.05, 3.63) is 65.7 Å². The second-order valence-corrected chi connectivity index (χ2v) is 6.85. The van der Waals surface area contributed by atoms with Crippen LogP contribution in [-0.2, 0) is 4.79 Å². The van der Waals surface area contributed by atoms with E-state index in [9.17, 15) is 9.59 Å². The predicted molar refractivity (Wildman–Crippen MR) is 102 cm³/mol. The molecule has 0 bridgehead atoms. The lowest BCUT2D eigenvalue weighted by molar-refractivity contribution is -0.131. The Morgan fingerprint density at radius 3 is 2.46 bits per heavy atom. The smallest absolute Gasteiger partial charge is 0.223 e. The van der Waals surface area contributed by atoms with Gasteiger partial charge in [0.2, 0.25) is 5.91 Å². The van der Waals surface area contributed by atoms with Crippen LogP contribution in [-0.4, -0.2) is 36.3 Å². The van der Waals surface area contributed by atoms with Gasteiger partial charge in [-0.25, -0.2) is 0 Å². The average molecular weight is 351 g/mol. The minimum atomic E-state index is -0.326. The first-order valence-corrected chi connectivity index (χ1v) is 9.13. The molecule has 4 heteroatoms. The number of amides is 1. The number of likely N-dealkylation sites (tertiary alicyclic amines) is 1. The van der Waals surface area contributed by atoms with Gasteiger partial charge in [-0.2, -0.15) is 0 Å². The molecule has 0 N–H and O–H groups in total. The Labute approximate surface area is 154 Å². The Morgan fingerprint density at radius 1 is 1.12 bits per heavy atom. The number of methoxy groups -OCH3 is 1. The van der Waals surface area contributed by atoms with Gasteiger partial charge in [0.15, 0.2) is 5.78 Å². The molecule has 1 aliphatic heterocycles. The van der Waals surface area contributed by atoms with Crippen molar-refractivity contribution in [3.63, 3.8) is 0 Å². The van der Waals surface area contributed by atoms with Crippen molar-refractivity contribution in [2.45, 2.75) is 38.1 Å². The molecule has 3 rings (SSSR count). The maximum Gasteiger partial charge on any atom is 0.223 e. The molecule has 0 aliphatic carbocycles. The fraction of sp³-hybridized carbons (Fsp3) is 0.364. The number of hydrogen-bond acceptors (Lipinski definition) is 3. The molecule has 2 unspecified atom stereocenters. The first-order valence-electron chi connectivity index (χ1n) is 9.13. The van der Waals surface area contributed by atoms with Gasteiger partial charge in [0.1, 0.15) is 5.75 Å². The quantitative estimate of drug-likeness (QED) is 0.737. The summed E-state index contributed by atoms with van der Waals surface area (Å²) in [6, 6.07) is 16.7. The summed E-state index contributed by atoms with van der Waals surface area (Å²) in [5, 5.41) is 0. The highest BCUT2D eigenvalue weighted by Gasteiger charge is 2.34. The highest BCUT2D eigenvalue weighted by molar-refractivity contribution is 6.02. The number of nitrogens with zero attached hydrogens (tertiary/aromatic N) is 1. The fourth-order valence-electron chi connectivity index (χ4n) is 3.56. The predicted octanol–water partition coefficient (Wildman–Crippen LogP) is 4.06. The van der Waals surface area contributed by atoms with Crippen LogP contribution in [0, 0.1) is 0 Å². The molecule has 0 aromatic heterocycles. The highest BCUT2D eigenvalue weighted by Crippen LogP contribution is 2.27. The number of carbonyl (C=O) groups excluding carboxylic acids is 2. The van der Waals surface area contributed by atoms with E-state index in [-0.39, 0.29) is 23.7 Å². The zero-order valence-electron chi connectivity index (χ0n) is 15.4. The molecule has 136 valence electrons. The van der Waals surface area contributed by atoms with Gasteiger partial charge >= 0.3 is 0 Å².